The highest BCUT2D eigenvalue weighted by Crippen LogP contribution is 2.67. The zero-order valence-corrected chi connectivity index (χ0v) is 38.8. The summed E-state index contributed by atoms with van der Waals surface area (Å²) in [4.78, 5) is 7.72. The molecule has 0 saturated carbocycles. The van der Waals surface area contributed by atoms with Crippen LogP contribution in [0.2, 0.25) is 0 Å². The first-order valence-corrected chi connectivity index (χ1v) is 24.7. The molecular formula is C64H47N3S. The number of benzene rings is 9. The van der Waals surface area contributed by atoms with Gasteiger partial charge >= 0.3 is 0 Å². The fraction of sp³-hybridized carbons (Fsp3) is 0.0938. The van der Waals surface area contributed by atoms with Crippen LogP contribution in [-0.2, 0) is 10.8 Å². The fourth-order valence-corrected chi connectivity index (χ4v) is 13.5. The highest BCUT2D eigenvalue weighted by atomic mass is 32.1. The first-order valence-electron chi connectivity index (χ1n) is 23.9. The minimum Gasteiger partial charge on any atom is -0.332 e. The Morgan fingerprint density at radius 1 is 0.471 bits per heavy atom. The zero-order chi connectivity index (χ0) is 45.1. The Bertz CT molecular complexity index is 3680. The van der Waals surface area contributed by atoms with Gasteiger partial charge in [-0.25, -0.2) is 0 Å². The lowest BCUT2D eigenvalue weighted by atomic mass is 9.61. The SMILES string of the molecule is CC1(C)c2ccccc2N2c3cc(N(c4ccccc4)c4cc5sc6ccccc6c5cc4N(c4ccccc4)C4C=CC=CC4)ccc3C3(c4ccccc4-c4ccccc43)c3cccc1c32. The molecule has 1 spiro atoms. The molecule has 4 heteroatoms. The van der Waals surface area contributed by atoms with E-state index >= 15 is 0 Å². The van der Waals surface area contributed by atoms with Gasteiger partial charge in [0.15, 0.2) is 0 Å². The summed E-state index contributed by atoms with van der Waals surface area (Å²) in [5.41, 5.74) is 19.2. The number of para-hydroxylation sites is 4. The lowest BCUT2D eigenvalue weighted by molar-refractivity contribution is 0.621. The molecule has 1 unspecified atom stereocenters. The third-order valence-corrected chi connectivity index (χ3v) is 16.4. The normalized spacial score (nSPS) is 16.3. The summed E-state index contributed by atoms with van der Waals surface area (Å²) >= 11 is 1.88. The number of hydrogen-bond donors (Lipinski definition) is 0. The number of allylic oxidation sites excluding steroid dienone is 2. The van der Waals surface area contributed by atoms with Crippen molar-refractivity contribution in [2.75, 3.05) is 14.7 Å². The second-order valence-electron chi connectivity index (χ2n) is 19.1. The molecule has 0 bridgehead atoms. The van der Waals surface area contributed by atoms with Gasteiger partial charge in [0.05, 0.1) is 39.9 Å². The molecule has 2 aliphatic carbocycles. The van der Waals surface area contributed by atoms with Crippen LogP contribution < -0.4 is 14.7 Å². The number of rotatable bonds is 6. The van der Waals surface area contributed by atoms with Crippen LogP contribution in [0.15, 0.2) is 231 Å². The van der Waals surface area contributed by atoms with Crippen LogP contribution >= 0.6 is 11.3 Å². The van der Waals surface area contributed by atoms with Gasteiger partial charge in [0.1, 0.15) is 0 Å². The molecule has 3 nitrogen and oxygen atoms in total. The first-order chi connectivity index (χ1) is 33.5. The van der Waals surface area contributed by atoms with Gasteiger partial charge < -0.3 is 14.7 Å². The molecule has 0 fully saturated rings. The Morgan fingerprint density at radius 2 is 1.12 bits per heavy atom. The predicted octanol–water partition coefficient (Wildman–Crippen LogP) is 17.3. The molecule has 3 heterocycles. The van der Waals surface area contributed by atoms with Gasteiger partial charge in [-0.15, -0.1) is 11.3 Å². The molecular weight excluding hydrogens is 843 g/mol. The average Bonchev–Trinajstić information content (AvgIpc) is 3.90. The standard InChI is InChI=1S/C64H47N3S/c1-63(2)52-32-17-18-35-56(52)67-57-39-45(37-38-53(57)64(55-34-20-33-54(63)62(55)67)50-30-15-12-27-46(50)47-28-13-16-31-51(47)64)66(44-25-10-5-11-26-44)59-41-61-49(48-29-14-19-36-60(48)68-61)40-58(59)65(42-21-6-3-7-22-42)43-23-8-4-9-24-43/h3-23,25-41,43H,24H2,1-2H3. The van der Waals surface area contributed by atoms with E-state index in [9.17, 15) is 0 Å². The van der Waals surface area contributed by atoms with E-state index in [0.29, 0.717) is 0 Å². The van der Waals surface area contributed by atoms with Gasteiger partial charge in [-0.1, -0.05) is 184 Å². The molecule has 2 aliphatic heterocycles. The van der Waals surface area contributed by atoms with Crippen molar-refractivity contribution in [3.63, 3.8) is 0 Å². The van der Waals surface area contributed by atoms with E-state index in [0.717, 1.165) is 34.9 Å². The van der Waals surface area contributed by atoms with Crippen molar-refractivity contribution in [1.82, 2.24) is 0 Å². The van der Waals surface area contributed by atoms with Crippen LogP contribution in [0.1, 0.15) is 53.6 Å². The largest absolute Gasteiger partial charge is 0.332 e. The summed E-state index contributed by atoms with van der Waals surface area (Å²) in [6, 6.07) is 77.9. The van der Waals surface area contributed by atoms with Crippen LogP contribution in [0.3, 0.4) is 0 Å². The van der Waals surface area contributed by atoms with E-state index < -0.39 is 5.41 Å². The topological polar surface area (TPSA) is 9.72 Å². The third kappa shape index (κ3) is 5.41. The summed E-state index contributed by atoms with van der Waals surface area (Å²) < 4.78 is 2.56. The minimum atomic E-state index is -0.547. The zero-order valence-electron chi connectivity index (χ0n) is 38.0. The van der Waals surface area contributed by atoms with E-state index in [1.807, 2.05) is 11.3 Å². The molecule has 10 aromatic rings. The van der Waals surface area contributed by atoms with Crippen LogP contribution in [0.5, 0.6) is 0 Å². The molecule has 0 N–H and O–H groups in total. The quantitative estimate of drug-likeness (QED) is 0.165. The fourth-order valence-electron chi connectivity index (χ4n) is 12.4. The summed E-state index contributed by atoms with van der Waals surface area (Å²) in [6.45, 7) is 4.82. The highest BCUT2D eigenvalue weighted by molar-refractivity contribution is 7.25. The smallest absolute Gasteiger partial charge is 0.0754 e. The number of hydrogen-bond acceptors (Lipinski definition) is 4. The Hall–Kier alpha value is -7.92. The van der Waals surface area contributed by atoms with Gasteiger partial charge in [0.25, 0.3) is 0 Å². The maximum atomic E-state index is 2.62. The highest BCUT2D eigenvalue weighted by Gasteiger charge is 2.54. The first kappa shape index (κ1) is 39.3. The van der Waals surface area contributed by atoms with Gasteiger partial charge in [-0.05, 0) is 112 Å². The van der Waals surface area contributed by atoms with Crippen molar-refractivity contribution in [1.29, 1.82) is 0 Å². The Balaban J connectivity index is 1.10. The molecule has 68 heavy (non-hydrogen) atoms. The monoisotopic (exact) mass is 889 g/mol. The molecule has 324 valence electrons. The van der Waals surface area contributed by atoms with Crippen molar-refractivity contribution in [2.24, 2.45) is 0 Å². The number of thiophene rings is 1. The molecule has 1 atom stereocenters. The second-order valence-corrected chi connectivity index (χ2v) is 20.2. The van der Waals surface area contributed by atoms with Crippen molar-refractivity contribution >= 4 is 77.0 Å². The van der Waals surface area contributed by atoms with Crippen LogP contribution in [0, 0.1) is 0 Å². The summed E-state index contributed by atoms with van der Waals surface area (Å²) in [6.07, 6.45) is 9.95. The summed E-state index contributed by atoms with van der Waals surface area (Å²) in [5.74, 6) is 0. The van der Waals surface area contributed by atoms with E-state index in [1.165, 1.54) is 81.7 Å². The molecule has 1 aromatic heterocycles. The second kappa shape index (κ2) is 14.8. The van der Waals surface area contributed by atoms with Crippen LogP contribution in [0.4, 0.5) is 45.5 Å². The Labute approximate surface area is 401 Å². The average molecular weight is 890 g/mol. The minimum absolute atomic E-state index is 0.107. The maximum absolute atomic E-state index is 2.62. The summed E-state index contributed by atoms with van der Waals surface area (Å²) in [5, 5.41) is 2.56. The lowest BCUT2D eigenvalue weighted by Crippen LogP contribution is -2.41. The van der Waals surface area contributed by atoms with Gasteiger partial charge in [0.2, 0.25) is 0 Å². The van der Waals surface area contributed by atoms with Crippen molar-refractivity contribution in [3.05, 3.63) is 264 Å². The number of anilines is 8. The molecule has 9 aromatic carbocycles. The van der Waals surface area contributed by atoms with Gasteiger partial charge in [-0.3, -0.25) is 0 Å². The Morgan fingerprint density at radius 3 is 1.87 bits per heavy atom. The maximum Gasteiger partial charge on any atom is 0.0754 e. The number of nitrogens with zero attached hydrogens (tertiary/aromatic N) is 3. The summed E-state index contributed by atoms with van der Waals surface area (Å²) in [7, 11) is 0. The van der Waals surface area contributed by atoms with Crippen molar-refractivity contribution < 1.29 is 0 Å². The lowest BCUT2D eigenvalue weighted by Gasteiger charge is -2.51. The Kier molecular flexibility index (Phi) is 8.54. The molecule has 4 aliphatic rings. The van der Waals surface area contributed by atoms with E-state index in [2.05, 4.69) is 259 Å². The van der Waals surface area contributed by atoms with Crippen LogP contribution in [-0.4, -0.2) is 6.04 Å². The molecule has 0 radical (unpaired) electrons. The molecule has 14 rings (SSSR count). The molecule has 0 saturated heterocycles. The van der Waals surface area contributed by atoms with Gasteiger partial charge in [0, 0.05) is 42.6 Å². The van der Waals surface area contributed by atoms with Crippen molar-refractivity contribution in [3.8, 4) is 11.1 Å². The van der Waals surface area contributed by atoms with Gasteiger partial charge in [-0.2, -0.15) is 0 Å². The van der Waals surface area contributed by atoms with E-state index in [4.69, 9.17) is 0 Å². The predicted molar refractivity (Wildman–Crippen MR) is 287 cm³/mol. The van der Waals surface area contributed by atoms with E-state index in [-0.39, 0.29) is 11.5 Å². The number of fused-ring (bicyclic) bond motifs is 14. The third-order valence-electron chi connectivity index (χ3n) is 15.3. The molecule has 0 amide bonds. The van der Waals surface area contributed by atoms with E-state index in [1.54, 1.807) is 0 Å². The van der Waals surface area contributed by atoms with Crippen LogP contribution in [0.25, 0.3) is 31.3 Å². The van der Waals surface area contributed by atoms with Crippen molar-refractivity contribution in [2.45, 2.75) is 37.1 Å².